The van der Waals surface area contributed by atoms with Crippen molar-refractivity contribution in [3.8, 4) is 11.5 Å². The van der Waals surface area contributed by atoms with Crippen molar-refractivity contribution in [2.45, 2.75) is 98.0 Å². The highest BCUT2D eigenvalue weighted by Gasteiger charge is 2.25. The summed E-state index contributed by atoms with van der Waals surface area (Å²) in [4.78, 5) is 46.6. The molecular formula is C37H48O8. The Hall–Kier alpha value is -4.20. The molecule has 0 aliphatic rings. The summed E-state index contributed by atoms with van der Waals surface area (Å²) < 4.78 is 22.2. The Bertz CT molecular complexity index is 1370. The first-order valence-corrected chi connectivity index (χ1v) is 15.4. The summed E-state index contributed by atoms with van der Waals surface area (Å²) in [6.45, 7) is 19.0. The van der Waals surface area contributed by atoms with E-state index in [1.807, 2.05) is 44.2 Å². The molecule has 0 saturated heterocycles. The van der Waals surface area contributed by atoms with E-state index in [0.29, 0.717) is 61.4 Å². The third-order valence-corrected chi connectivity index (χ3v) is 7.55. The van der Waals surface area contributed by atoms with E-state index in [-0.39, 0.29) is 30.5 Å². The van der Waals surface area contributed by atoms with Crippen molar-refractivity contribution in [1.82, 2.24) is 0 Å². The molecule has 244 valence electrons. The maximum atomic E-state index is 12.4. The number of rotatable bonds is 19. The van der Waals surface area contributed by atoms with Gasteiger partial charge in [0, 0.05) is 35.8 Å². The Balaban J connectivity index is 2.00. The number of ether oxygens (including phenoxy) is 4. The minimum atomic E-state index is -0.444. The Morgan fingerprint density at radius 2 is 1.36 bits per heavy atom. The second-order valence-corrected chi connectivity index (χ2v) is 12.0. The van der Waals surface area contributed by atoms with Crippen molar-refractivity contribution in [3.63, 3.8) is 0 Å². The molecule has 8 heteroatoms. The van der Waals surface area contributed by atoms with Gasteiger partial charge in [-0.1, -0.05) is 51.3 Å². The van der Waals surface area contributed by atoms with Gasteiger partial charge >= 0.3 is 17.9 Å². The van der Waals surface area contributed by atoms with Crippen LogP contribution in [0.3, 0.4) is 0 Å². The van der Waals surface area contributed by atoms with Gasteiger partial charge in [-0.05, 0) is 87.8 Å². The third-order valence-electron chi connectivity index (χ3n) is 7.55. The van der Waals surface area contributed by atoms with E-state index >= 15 is 0 Å². The molecule has 0 amide bonds. The summed E-state index contributed by atoms with van der Waals surface area (Å²) in [6, 6.07) is 11.9. The molecule has 2 aromatic carbocycles. The van der Waals surface area contributed by atoms with Crippen LogP contribution < -0.4 is 9.47 Å². The first kappa shape index (κ1) is 37.0. The molecule has 0 heterocycles. The van der Waals surface area contributed by atoms with E-state index in [4.69, 9.17) is 18.9 Å². The normalized spacial score (nSPS) is 11.7. The van der Waals surface area contributed by atoms with Crippen molar-refractivity contribution in [2.24, 2.45) is 0 Å². The van der Waals surface area contributed by atoms with Gasteiger partial charge in [-0.2, -0.15) is 0 Å². The second kappa shape index (κ2) is 17.9. The van der Waals surface area contributed by atoms with Gasteiger partial charge in [-0.3, -0.25) is 4.79 Å². The highest BCUT2D eigenvalue weighted by Crippen LogP contribution is 2.36. The Morgan fingerprint density at radius 1 is 0.800 bits per heavy atom. The maximum absolute atomic E-state index is 12.4. The zero-order valence-electron chi connectivity index (χ0n) is 27.7. The van der Waals surface area contributed by atoms with Crippen molar-refractivity contribution >= 4 is 24.2 Å². The van der Waals surface area contributed by atoms with Crippen LogP contribution in [0.1, 0.15) is 94.9 Å². The Labute approximate surface area is 267 Å². The molecular weight excluding hydrogens is 572 g/mol. The van der Waals surface area contributed by atoms with E-state index in [0.717, 1.165) is 35.0 Å². The lowest BCUT2D eigenvalue weighted by atomic mass is 9.77. The molecule has 0 aromatic heterocycles. The van der Waals surface area contributed by atoms with Crippen LogP contribution in [0, 0.1) is 13.8 Å². The minimum Gasteiger partial charge on any atom is -0.490 e. The van der Waals surface area contributed by atoms with Crippen LogP contribution in [0.15, 0.2) is 60.7 Å². The van der Waals surface area contributed by atoms with Gasteiger partial charge in [0.1, 0.15) is 23.9 Å². The van der Waals surface area contributed by atoms with Crippen LogP contribution in [0.2, 0.25) is 0 Å². The molecule has 0 spiro atoms. The van der Waals surface area contributed by atoms with Crippen LogP contribution in [-0.4, -0.2) is 43.5 Å². The average molecular weight is 621 g/mol. The fourth-order valence-electron chi connectivity index (χ4n) is 4.60. The fourth-order valence-corrected chi connectivity index (χ4v) is 4.60. The number of hydrogen-bond donors (Lipinski definition) is 0. The summed E-state index contributed by atoms with van der Waals surface area (Å²) in [6.07, 6.45) is 4.26. The van der Waals surface area contributed by atoms with Gasteiger partial charge in [-0.25, -0.2) is 9.59 Å². The summed E-state index contributed by atoms with van der Waals surface area (Å²) in [5.74, 6) is 0.107. The largest absolute Gasteiger partial charge is 0.490 e. The number of carbonyl (C=O) groups is 4. The number of aldehydes is 1. The molecule has 1 unspecified atom stereocenters. The first-order valence-electron chi connectivity index (χ1n) is 15.4. The molecule has 0 saturated carbocycles. The highest BCUT2D eigenvalue weighted by atomic mass is 16.5. The van der Waals surface area contributed by atoms with E-state index < -0.39 is 11.9 Å². The van der Waals surface area contributed by atoms with Crippen molar-refractivity contribution in [1.29, 1.82) is 0 Å². The molecule has 0 radical (unpaired) electrons. The number of aryl methyl sites for hydroxylation is 2. The fraction of sp³-hybridized carbons (Fsp3) is 0.459. The molecule has 2 rings (SSSR count). The van der Waals surface area contributed by atoms with Gasteiger partial charge < -0.3 is 23.7 Å². The maximum Gasteiger partial charge on any atom is 0.333 e. The van der Waals surface area contributed by atoms with Crippen LogP contribution in [-0.2, 0) is 34.1 Å². The van der Waals surface area contributed by atoms with E-state index in [1.165, 1.54) is 0 Å². The minimum absolute atomic E-state index is 0.179. The first-order chi connectivity index (χ1) is 21.3. The molecule has 0 fully saturated rings. The Kier molecular flexibility index (Phi) is 14.7. The Morgan fingerprint density at radius 3 is 1.89 bits per heavy atom. The van der Waals surface area contributed by atoms with Gasteiger partial charge in [0.15, 0.2) is 0 Å². The number of benzene rings is 2. The van der Waals surface area contributed by atoms with Crippen LogP contribution in [0.4, 0.5) is 0 Å². The molecule has 8 nitrogen and oxygen atoms in total. The molecule has 1 atom stereocenters. The SMILES string of the molecule is C=C(C)C(=O)OCCCCCC(=O)Oc1ccc(C(C)(C)c2ccc(OC(CCC=O)CCOC(=O)C(=C)C)c(C)c2)cc1C. The summed E-state index contributed by atoms with van der Waals surface area (Å²) >= 11 is 0. The highest BCUT2D eigenvalue weighted by molar-refractivity contribution is 5.87. The summed E-state index contributed by atoms with van der Waals surface area (Å²) in [7, 11) is 0. The van der Waals surface area contributed by atoms with Gasteiger partial charge in [0.25, 0.3) is 0 Å². The van der Waals surface area contributed by atoms with Crippen molar-refractivity contribution in [2.75, 3.05) is 13.2 Å². The van der Waals surface area contributed by atoms with E-state index in [9.17, 15) is 19.2 Å². The monoisotopic (exact) mass is 620 g/mol. The number of esters is 3. The molecule has 0 aliphatic carbocycles. The van der Waals surface area contributed by atoms with E-state index in [1.54, 1.807) is 13.8 Å². The lowest BCUT2D eigenvalue weighted by Gasteiger charge is -2.28. The molecule has 0 bridgehead atoms. The molecule has 2 aromatic rings. The second-order valence-electron chi connectivity index (χ2n) is 12.0. The summed E-state index contributed by atoms with van der Waals surface area (Å²) in [5, 5.41) is 0. The van der Waals surface area contributed by atoms with E-state index in [2.05, 4.69) is 33.1 Å². The third kappa shape index (κ3) is 12.0. The predicted octanol–water partition coefficient (Wildman–Crippen LogP) is 7.45. The van der Waals surface area contributed by atoms with Crippen molar-refractivity contribution in [3.05, 3.63) is 83.0 Å². The van der Waals surface area contributed by atoms with Gasteiger partial charge in [0.2, 0.25) is 0 Å². The van der Waals surface area contributed by atoms with Gasteiger partial charge in [0.05, 0.1) is 13.2 Å². The zero-order valence-corrected chi connectivity index (χ0v) is 27.7. The lowest BCUT2D eigenvalue weighted by Crippen LogP contribution is -2.22. The zero-order chi connectivity index (χ0) is 33.6. The number of unbranched alkanes of at least 4 members (excludes halogenated alkanes) is 2. The lowest BCUT2D eigenvalue weighted by molar-refractivity contribution is -0.140. The van der Waals surface area contributed by atoms with Crippen LogP contribution in [0.5, 0.6) is 11.5 Å². The van der Waals surface area contributed by atoms with Crippen LogP contribution in [0.25, 0.3) is 0 Å². The van der Waals surface area contributed by atoms with Crippen LogP contribution >= 0.6 is 0 Å². The number of hydrogen-bond acceptors (Lipinski definition) is 8. The quantitative estimate of drug-likeness (QED) is 0.0524. The summed E-state index contributed by atoms with van der Waals surface area (Å²) in [5.41, 5.74) is 4.33. The van der Waals surface area contributed by atoms with Gasteiger partial charge in [-0.15, -0.1) is 0 Å². The molecule has 0 aliphatic heterocycles. The predicted molar refractivity (Wildman–Crippen MR) is 174 cm³/mol. The molecule has 45 heavy (non-hydrogen) atoms. The smallest absolute Gasteiger partial charge is 0.333 e. The topological polar surface area (TPSA) is 105 Å². The average Bonchev–Trinajstić information content (AvgIpc) is 2.98. The standard InChI is InChI=1S/C37H48O8/c1-25(2)35(40)42-21-11-9-10-14-34(39)45-33-18-16-30(24-28(33)6)37(7,8)29-15-17-32(27(5)23-29)44-31(13-12-20-38)19-22-43-36(41)26(3)4/h15-18,20,23-24,31H,1,3,9-14,19,21-22H2,2,4-8H3. The number of carbonyl (C=O) groups excluding carboxylic acids is 4. The molecule has 0 N–H and O–H groups in total. The van der Waals surface area contributed by atoms with Crippen molar-refractivity contribution < 1.29 is 38.1 Å².